The molecule has 0 unspecified atom stereocenters. The quantitative estimate of drug-likeness (QED) is 0.463. The molecule has 2 aromatic carbocycles. The van der Waals surface area contributed by atoms with Crippen LogP contribution in [0.3, 0.4) is 0 Å². The van der Waals surface area contributed by atoms with Crippen LogP contribution in [0.4, 0.5) is 11.4 Å². The van der Waals surface area contributed by atoms with Gasteiger partial charge in [0, 0.05) is 19.2 Å². The van der Waals surface area contributed by atoms with Crippen molar-refractivity contribution in [3.63, 3.8) is 0 Å². The normalized spacial score (nSPS) is 16.9. The van der Waals surface area contributed by atoms with Crippen LogP contribution in [0.2, 0.25) is 0 Å². The molecule has 3 aliphatic rings. The fourth-order valence-corrected chi connectivity index (χ4v) is 4.46. The first-order chi connectivity index (χ1) is 11.7. The van der Waals surface area contributed by atoms with E-state index in [1.165, 1.54) is 10.3 Å². The molecule has 0 aromatic heterocycles. The second kappa shape index (κ2) is 6.11. The molecule has 0 saturated heterocycles. The molecular weight excluding hydrogens is 358 g/mol. The molecule has 0 fully saturated rings. The minimum absolute atomic E-state index is 0. The van der Waals surface area contributed by atoms with Gasteiger partial charge in [0.15, 0.2) is 18.0 Å². The standard InChI is InChI=1S/C18H18N3O2S.ClH/c1-20-3-5-22-17-7-11-15(9-13(17)20)23-16-10-14-18(8-12(16)19-11)24-6-4-21(14)2;/h7-10H,3-6H2,1-2H3;1H/q+1;/p-1. The smallest absolute Gasteiger partial charge is 0.217 e. The van der Waals surface area contributed by atoms with Crippen molar-refractivity contribution in [1.29, 1.82) is 0 Å². The van der Waals surface area contributed by atoms with Gasteiger partial charge in [0.05, 0.1) is 28.9 Å². The van der Waals surface area contributed by atoms with Gasteiger partial charge in [-0.05, 0) is 6.07 Å². The van der Waals surface area contributed by atoms with Crippen LogP contribution in [-0.4, -0.2) is 39.5 Å². The van der Waals surface area contributed by atoms with Gasteiger partial charge >= 0.3 is 0 Å². The summed E-state index contributed by atoms with van der Waals surface area (Å²) in [6.45, 7) is 2.64. The van der Waals surface area contributed by atoms with E-state index in [0.717, 1.165) is 52.8 Å². The van der Waals surface area contributed by atoms with Crippen LogP contribution in [0.1, 0.15) is 0 Å². The molecule has 5 nitrogen and oxygen atoms in total. The highest BCUT2D eigenvalue weighted by atomic mass is 35.5. The monoisotopic (exact) mass is 375 g/mol. The van der Waals surface area contributed by atoms with Crippen LogP contribution in [0.5, 0.6) is 17.2 Å². The Balaban J connectivity index is 0.00000157. The maximum absolute atomic E-state index is 6.19. The number of hydrogen-bond acceptors (Lipinski definition) is 5. The summed E-state index contributed by atoms with van der Waals surface area (Å²) in [5.74, 6) is 3.61. The molecule has 0 radical (unpaired) electrons. The fourth-order valence-electron chi connectivity index (χ4n) is 3.32. The van der Waals surface area contributed by atoms with Crippen LogP contribution < -0.4 is 42.1 Å². The molecule has 3 heterocycles. The topological polar surface area (TPSA) is 37.1 Å². The van der Waals surface area contributed by atoms with E-state index < -0.39 is 0 Å². The molecule has 0 aliphatic carbocycles. The Kier molecular flexibility index (Phi) is 4.04. The maximum atomic E-state index is 6.19. The largest absolute Gasteiger partial charge is 1.00 e. The first kappa shape index (κ1) is 16.5. The van der Waals surface area contributed by atoms with Gasteiger partial charge in [-0.15, -0.1) is 11.8 Å². The third-order valence-electron chi connectivity index (χ3n) is 4.73. The van der Waals surface area contributed by atoms with Gasteiger partial charge in [-0.1, -0.05) is 0 Å². The van der Waals surface area contributed by atoms with Gasteiger partial charge in [-0.3, -0.25) is 0 Å². The van der Waals surface area contributed by atoms with Gasteiger partial charge in [-0.25, -0.2) is 9.57 Å². The van der Waals surface area contributed by atoms with E-state index >= 15 is 0 Å². The van der Waals surface area contributed by atoms with Gasteiger partial charge in [0.1, 0.15) is 30.4 Å². The lowest BCUT2D eigenvalue weighted by Gasteiger charge is -2.29. The summed E-state index contributed by atoms with van der Waals surface area (Å²) >= 11 is 1.88. The van der Waals surface area contributed by atoms with Crippen molar-refractivity contribution < 1.29 is 21.9 Å². The summed E-state index contributed by atoms with van der Waals surface area (Å²) in [5, 5.41) is 2.12. The van der Waals surface area contributed by atoms with Gasteiger partial charge in [-0.2, -0.15) is 0 Å². The highest BCUT2D eigenvalue weighted by Gasteiger charge is 2.23. The van der Waals surface area contributed by atoms with Crippen molar-refractivity contribution in [3.8, 4) is 17.2 Å². The average molecular weight is 376 g/mol. The SMILES string of the molecule is CN1CCOc2cc3c(cc21)Oc1cc2c(cc1=N3)SCC[N+]=2C.[Cl-]. The summed E-state index contributed by atoms with van der Waals surface area (Å²) in [5.41, 5.74) is 1.90. The highest BCUT2D eigenvalue weighted by molar-refractivity contribution is 7.99. The Bertz CT molecular complexity index is 993. The van der Waals surface area contributed by atoms with Gasteiger partial charge in [0.25, 0.3) is 0 Å². The molecule has 2 aromatic rings. The number of hydrogen-bond donors (Lipinski definition) is 0. The molecule has 5 rings (SSSR count). The molecule has 0 bridgehead atoms. The number of nitrogens with zero attached hydrogens (tertiary/aromatic N) is 3. The Morgan fingerprint density at radius 1 is 1.16 bits per heavy atom. The van der Waals surface area contributed by atoms with Crippen molar-refractivity contribution in [2.24, 2.45) is 4.99 Å². The Morgan fingerprint density at radius 2 is 2.04 bits per heavy atom. The maximum Gasteiger partial charge on any atom is 0.217 e. The van der Waals surface area contributed by atoms with Crippen LogP contribution in [0.25, 0.3) is 0 Å². The van der Waals surface area contributed by atoms with Crippen molar-refractivity contribution in [2.75, 3.05) is 44.4 Å². The second-order valence-corrected chi connectivity index (χ2v) is 7.47. The predicted octanol–water partition coefficient (Wildman–Crippen LogP) is -1.20. The highest BCUT2D eigenvalue weighted by Crippen LogP contribution is 2.43. The molecule has 3 aliphatic heterocycles. The van der Waals surface area contributed by atoms with E-state index in [1.54, 1.807) is 0 Å². The first-order valence-electron chi connectivity index (χ1n) is 8.12. The lowest BCUT2D eigenvalue weighted by molar-refractivity contribution is -0.00000571. The first-order valence-corrected chi connectivity index (χ1v) is 9.11. The minimum Gasteiger partial charge on any atom is -1.00 e. The number of thioether (sulfide) groups is 1. The number of likely N-dealkylation sites (N-methyl/N-ethyl adjacent to an activating group) is 1. The molecule has 0 amide bonds. The summed E-state index contributed by atoms with van der Waals surface area (Å²) < 4.78 is 14.3. The molecule has 0 saturated carbocycles. The summed E-state index contributed by atoms with van der Waals surface area (Å²) in [4.78, 5) is 8.28. The second-order valence-electron chi connectivity index (χ2n) is 6.33. The van der Waals surface area contributed by atoms with Crippen molar-refractivity contribution in [1.82, 2.24) is 4.58 Å². The van der Waals surface area contributed by atoms with E-state index in [-0.39, 0.29) is 12.4 Å². The van der Waals surface area contributed by atoms with Crippen molar-refractivity contribution in [3.05, 3.63) is 35.0 Å². The van der Waals surface area contributed by atoms with Crippen molar-refractivity contribution >= 4 is 23.1 Å². The van der Waals surface area contributed by atoms with E-state index in [2.05, 4.69) is 35.7 Å². The third kappa shape index (κ3) is 2.64. The van der Waals surface area contributed by atoms with Gasteiger partial charge in [0.2, 0.25) is 5.36 Å². The van der Waals surface area contributed by atoms with Crippen LogP contribution in [0.15, 0.2) is 34.2 Å². The molecule has 0 atom stereocenters. The van der Waals surface area contributed by atoms with E-state index in [1.807, 2.05) is 23.9 Å². The van der Waals surface area contributed by atoms with E-state index in [0.29, 0.717) is 6.61 Å². The Morgan fingerprint density at radius 3 is 2.92 bits per heavy atom. The lowest BCUT2D eigenvalue weighted by atomic mass is 10.2. The zero-order valence-corrected chi connectivity index (χ0v) is 15.7. The molecule has 7 heteroatoms. The Hall–Kier alpha value is -1.92. The van der Waals surface area contributed by atoms with E-state index in [9.17, 15) is 0 Å². The average Bonchev–Trinajstić information content (AvgIpc) is 2.58. The predicted molar refractivity (Wildman–Crippen MR) is 94.9 cm³/mol. The Labute approximate surface area is 156 Å². The summed E-state index contributed by atoms with van der Waals surface area (Å²) in [7, 11) is 4.20. The molecular formula is C18H18ClN3O2S. The zero-order chi connectivity index (χ0) is 16.3. The minimum atomic E-state index is 0. The number of halogens is 1. The number of benzene rings is 2. The third-order valence-corrected chi connectivity index (χ3v) is 5.76. The van der Waals surface area contributed by atoms with Crippen molar-refractivity contribution in [2.45, 2.75) is 4.90 Å². The van der Waals surface area contributed by atoms with Crippen LogP contribution >= 0.6 is 11.8 Å². The molecule has 25 heavy (non-hydrogen) atoms. The lowest BCUT2D eigenvalue weighted by Crippen LogP contribution is -3.00. The number of rotatable bonds is 0. The van der Waals surface area contributed by atoms with Crippen LogP contribution in [-0.2, 0) is 0 Å². The zero-order valence-electron chi connectivity index (χ0n) is 14.1. The fraction of sp³-hybridized carbons (Fsp3) is 0.333. The summed E-state index contributed by atoms with van der Waals surface area (Å²) in [6, 6.07) is 8.28. The van der Waals surface area contributed by atoms with Crippen LogP contribution in [0, 0.1) is 0 Å². The number of fused-ring (bicyclic) bond motifs is 4. The molecule has 130 valence electrons. The molecule has 0 spiro atoms. The number of anilines is 1. The van der Waals surface area contributed by atoms with Gasteiger partial charge < -0.3 is 26.8 Å². The van der Waals surface area contributed by atoms with E-state index in [4.69, 9.17) is 14.5 Å². The summed E-state index contributed by atoms with van der Waals surface area (Å²) in [6.07, 6.45) is 0. The molecule has 0 N–H and O–H groups in total. The number of ether oxygens (including phenoxy) is 2.